The Morgan fingerprint density at radius 3 is 1.91 bits per heavy atom. The minimum absolute atomic E-state index is 0.684. The van der Waals surface area contributed by atoms with Crippen molar-refractivity contribution in [2.75, 3.05) is 0 Å². The van der Waals surface area contributed by atoms with Gasteiger partial charge in [-0.1, -0.05) is 103 Å². The van der Waals surface area contributed by atoms with Gasteiger partial charge in [0.25, 0.3) is 0 Å². The lowest BCUT2D eigenvalue weighted by atomic mass is 9.93. The lowest BCUT2D eigenvalue weighted by Gasteiger charge is -2.15. The lowest BCUT2D eigenvalue weighted by Crippen LogP contribution is -1.96. The zero-order valence-electron chi connectivity index (χ0n) is 23.1. The van der Waals surface area contributed by atoms with Gasteiger partial charge in [-0.3, -0.25) is 0 Å². The Kier molecular flexibility index (Phi) is 4.28. The van der Waals surface area contributed by atoms with Crippen molar-refractivity contribution in [1.82, 2.24) is 4.57 Å². The smallest absolute Gasteiger partial charge is 0.0991 e. The van der Waals surface area contributed by atoms with Crippen molar-refractivity contribution in [1.29, 1.82) is 5.26 Å². The molecule has 1 aliphatic carbocycles. The minimum Gasteiger partial charge on any atom is -0.309 e. The van der Waals surface area contributed by atoms with Gasteiger partial charge in [-0.15, -0.1) is 0 Å². The van der Waals surface area contributed by atoms with E-state index in [-0.39, 0.29) is 0 Å². The average Bonchev–Trinajstić information content (AvgIpc) is 3.58. The highest BCUT2D eigenvalue weighted by Crippen LogP contribution is 2.52. The van der Waals surface area contributed by atoms with E-state index < -0.39 is 0 Å². The van der Waals surface area contributed by atoms with Crippen LogP contribution in [0.25, 0.3) is 92.8 Å². The predicted molar refractivity (Wildman–Crippen MR) is 180 cm³/mol. The molecule has 0 spiro atoms. The first-order chi connectivity index (χ1) is 21.3. The fourth-order valence-corrected chi connectivity index (χ4v) is 7.75. The van der Waals surface area contributed by atoms with Crippen molar-refractivity contribution in [3.8, 4) is 34.0 Å². The van der Waals surface area contributed by atoms with Gasteiger partial charge in [0, 0.05) is 22.0 Å². The molecule has 0 aliphatic heterocycles. The van der Waals surface area contributed by atoms with Crippen molar-refractivity contribution in [2.45, 2.75) is 0 Å². The van der Waals surface area contributed by atoms with Gasteiger partial charge in [0.05, 0.1) is 22.7 Å². The first-order valence-corrected chi connectivity index (χ1v) is 14.7. The highest BCUT2D eigenvalue weighted by Gasteiger charge is 2.26. The number of rotatable bonds is 1. The van der Waals surface area contributed by atoms with Crippen LogP contribution in [0, 0.1) is 11.3 Å². The number of aromatic nitrogens is 1. The van der Waals surface area contributed by atoms with Gasteiger partial charge in [0.15, 0.2) is 0 Å². The predicted octanol–water partition coefficient (Wildman–Crippen LogP) is 10.9. The molecule has 1 aromatic heterocycles. The second kappa shape index (κ2) is 8.10. The summed E-state index contributed by atoms with van der Waals surface area (Å²) in [4.78, 5) is 0. The third-order valence-electron chi connectivity index (χ3n) is 9.51. The highest BCUT2D eigenvalue weighted by molar-refractivity contribution is 6.27. The Morgan fingerprint density at radius 2 is 1.12 bits per heavy atom. The summed E-state index contributed by atoms with van der Waals surface area (Å²) in [7, 11) is 0. The zero-order chi connectivity index (χ0) is 28.2. The van der Waals surface area contributed by atoms with Crippen LogP contribution < -0.4 is 0 Å². The first-order valence-electron chi connectivity index (χ1n) is 14.7. The SMILES string of the molecule is N#Cc1ccc2c3ccc(-n4c5ccccc5c5ccc6c(c54)-c4cccc5cccc-6c45)cc3c3ccccc3c2c1. The number of para-hydroxylation sites is 1. The van der Waals surface area contributed by atoms with Gasteiger partial charge in [0.1, 0.15) is 0 Å². The molecule has 9 aromatic rings. The monoisotopic (exact) mass is 542 g/mol. The van der Waals surface area contributed by atoms with Crippen LogP contribution in [-0.4, -0.2) is 4.57 Å². The Morgan fingerprint density at radius 1 is 0.465 bits per heavy atom. The maximum atomic E-state index is 9.62. The second-order valence-electron chi connectivity index (χ2n) is 11.6. The summed E-state index contributed by atoms with van der Waals surface area (Å²) in [6.07, 6.45) is 0. The van der Waals surface area contributed by atoms with Gasteiger partial charge in [-0.2, -0.15) is 5.26 Å². The molecule has 2 nitrogen and oxygen atoms in total. The van der Waals surface area contributed by atoms with E-state index in [2.05, 4.69) is 132 Å². The van der Waals surface area contributed by atoms with E-state index in [0.717, 1.165) is 11.1 Å². The number of nitriles is 1. The number of nitrogens with zero attached hydrogens (tertiary/aromatic N) is 2. The lowest BCUT2D eigenvalue weighted by molar-refractivity contribution is 1.19. The molecular formula is C41H22N2. The van der Waals surface area contributed by atoms with Crippen LogP contribution in [0.2, 0.25) is 0 Å². The van der Waals surface area contributed by atoms with Crippen molar-refractivity contribution >= 4 is 64.9 Å². The van der Waals surface area contributed by atoms with Gasteiger partial charge in [-0.25, -0.2) is 0 Å². The molecule has 10 rings (SSSR count). The van der Waals surface area contributed by atoms with Crippen LogP contribution >= 0.6 is 0 Å². The van der Waals surface area contributed by atoms with E-state index >= 15 is 0 Å². The number of fused-ring (bicyclic) bond motifs is 13. The maximum absolute atomic E-state index is 9.62. The third-order valence-corrected chi connectivity index (χ3v) is 9.51. The standard InChI is InChI=1S/C41H22N2/c42-23-24-15-17-29-30-18-16-26(22-37(30)28-10-2-1-9-27(28)36(29)21-24)43-38-14-4-3-11-31(38)34-20-19-33-32-12-5-7-25-8-6-13-35(39(25)32)40(33)41(34)43/h1-22H. The van der Waals surface area contributed by atoms with Crippen LogP contribution in [0.15, 0.2) is 133 Å². The summed E-state index contributed by atoms with van der Waals surface area (Å²) in [5.74, 6) is 0. The number of benzene rings is 8. The molecule has 0 unspecified atom stereocenters. The minimum atomic E-state index is 0.684. The molecule has 0 amide bonds. The van der Waals surface area contributed by atoms with Crippen LogP contribution in [0.3, 0.4) is 0 Å². The van der Waals surface area contributed by atoms with Gasteiger partial charge in [-0.05, 0) is 90.1 Å². The highest BCUT2D eigenvalue weighted by atomic mass is 15.0. The summed E-state index contributed by atoms with van der Waals surface area (Å²) in [6, 6.07) is 50.6. The van der Waals surface area contributed by atoms with Crippen molar-refractivity contribution in [3.63, 3.8) is 0 Å². The average molecular weight is 543 g/mol. The van der Waals surface area contributed by atoms with Crippen molar-refractivity contribution < 1.29 is 0 Å². The maximum Gasteiger partial charge on any atom is 0.0991 e. The topological polar surface area (TPSA) is 28.7 Å². The molecule has 8 aromatic carbocycles. The summed E-state index contributed by atoms with van der Waals surface area (Å²) >= 11 is 0. The first kappa shape index (κ1) is 22.7. The second-order valence-corrected chi connectivity index (χ2v) is 11.6. The summed E-state index contributed by atoms with van der Waals surface area (Å²) in [5, 5.41) is 21.9. The quantitative estimate of drug-likeness (QED) is 0.190. The number of hydrogen-bond acceptors (Lipinski definition) is 1. The van der Waals surface area contributed by atoms with Crippen LogP contribution in [0.4, 0.5) is 0 Å². The van der Waals surface area contributed by atoms with Crippen molar-refractivity contribution in [3.05, 3.63) is 139 Å². The molecule has 0 fully saturated rings. The van der Waals surface area contributed by atoms with Crippen LogP contribution in [0.5, 0.6) is 0 Å². The Balaban J connectivity index is 1.37. The van der Waals surface area contributed by atoms with E-state index in [1.54, 1.807) is 0 Å². The van der Waals surface area contributed by atoms with Crippen molar-refractivity contribution in [2.24, 2.45) is 0 Å². The Hall–Kier alpha value is -5.91. The molecule has 43 heavy (non-hydrogen) atoms. The zero-order valence-corrected chi connectivity index (χ0v) is 23.1. The molecular weight excluding hydrogens is 520 g/mol. The van der Waals surface area contributed by atoms with E-state index in [1.165, 1.54) is 81.8 Å². The molecule has 196 valence electrons. The molecule has 0 bridgehead atoms. The molecule has 0 saturated carbocycles. The summed E-state index contributed by atoms with van der Waals surface area (Å²) < 4.78 is 2.48. The normalized spacial score (nSPS) is 12.2. The largest absolute Gasteiger partial charge is 0.309 e. The van der Waals surface area contributed by atoms with Gasteiger partial charge < -0.3 is 4.57 Å². The van der Waals surface area contributed by atoms with E-state index in [9.17, 15) is 5.26 Å². The fourth-order valence-electron chi connectivity index (χ4n) is 7.75. The Labute approximate surface area is 247 Å². The van der Waals surface area contributed by atoms with E-state index in [1.807, 2.05) is 12.1 Å². The molecule has 0 radical (unpaired) electrons. The molecule has 1 heterocycles. The molecule has 1 aliphatic rings. The van der Waals surface area contributed by atoms with E-state index in [0.29, 0.717) is 5.56 Å². The number of hydrogen-bond donors (Lipinski definition) is 0. The molecule has 0 N–H and O–H groups in total. The van der Waals surface area contributed by atoms with Crippen LogP contribution in [-0.2, 0) is 0 Å². The molecule has 0 saturated heterocycles. The third kappa shape index (κ3) is 2.86. The van der Waals surface area contributed by atoms with E-state index in [4.69, 9.17) is 0 Å². The Bertz CT molecular complexity index is 2710. The van der Waals surface area contributed by atoms with Gasteiger partial charge in [0.2, 0.25) is 0 Å². The molecule has 0 atom stereocenters. The molecule has 2 heteroatoms. The summed E-state index contributed by atoms with van der Waals surface area (Å²) in [5.41, 5.74) is 9.53. The van der Waals surface area contributed by atoms with Crippen LogP contribution in [0.1, 0.15) is 5.56 Å². The fraction of sp³-hybridized carbons (Fsp3) is 0. The summed E-state index contributed by atoms with van der Waals surface area (Å²) in [6.45, 7) is 0. The van der Waals surface area contributed by atoms with Gasteiger partial charge >= 0.3 is 0 Å².